The topological polar surface area (TPSA) is 29.5 Å². The lowest BCUT2D eigenvalue weighted by Crippen LogP contribution is -1.91. The summed E-state index contributed by atoms with van der Waals surface area (Å²) in [6, 6.07) is 14.9. The minimum Gasteiger partial charge on any atom is -0.504 e. The van der Waals surface area contributed by atoms with Gasteiger partial charge in [-0.3, -0.25) is 0 Å². The van der Waals surface area contributed by atoms with Crippen LogP contribution in [-0.4, -0.2) is 5.11 Å². The summed E-state index contributed by atoms with van der Waals surface area (Å²) < 4.78 is 5.74. The second kappa shape index (κ2) is 5.39. The van der Waals surface area contributed by atoms with Crippen LogP contribution in [0.1, 0.15) is 18.9 Å². The van der Waals surface area contributed by atoms with Crippen LogP contribution in [0.4, 0.5) is 0 Å². The van der Waals surface area contributed by atoms with Gasteiger partial charge >= 0.3 is 0 Å². The number of aromatic hydroxyl groups is 1. The molecule has 2 rings (SSSR count). The van der Waals surface area contributed by atoms with Crippen molar-refractivity contribution in [3.63, 3.8) is 0 Å². The van der Waals surface area contributed by atoms with Crippen molar-refractivity contribution < 1.29 is 9.84 Å². The third-order valence-corrected chi connectivity index (χ3v) is 2.58. The van der Waals surface area contributed by atoms with Crippen LogP contribution in [-0.2, 0) is 6.42 Å². The Morgan fingerprint density at radius 2 is 1.59 bits per heavy atom. The molecule has 2 heteroatoms. The van der Waals surface area contributed by atoms with Crippen molar-refractivity contribution in [2.45, 2.75) is 19.8 Å². The number of hydrogen-bond acceptors (Lipinski definition) is 2. The number of para-hydroxylation sites is 3. The molecule has 2 aromatic rings. The average molecular weight is 228 g/mol. The first-order valence-electron chi connectivity index (χ1n) is 5.85. The van der Waals surface area contributed by atoms with Gasteiger partial charge in [0.25, 0.3) is 0 Å². The minimum absolute atomic E-state index is 0.166. The van der Waals surface area contributed by atoms with Gasteiger partial charge in [-0.25, -0.2) is 0 Å². The zero-order chi connectivity index (χ0) is 12.1. The zero-order valence-electron chi connectivity index (χ0n) is 9.89. The van der Waals surface area contributed by atoms with Gasteiger partial charge in [-0.15, -0.1) is 0 Å². The lowest BCUT2D eigenvalue weighted by Gasteiger charge is -2.11. The van der Waals surface area contributed by atoms with E-state index in [0.29, 0.717) is 5.75 Å². The summed E-state index contributed by atoms with van der Waals surface area (Å²) in [4.78, 5) is 0. The van der Waals surface area contributed by atoms with Crippen molar-refractivity contribution in [2.24, 2.45) is 0 Å². The molecule has 0 saturated heterocycles. The Hall–Kier alpha value is -1.96. The molecule has 2 nitrogen and oxygen atoms in total. The maximum Gasteiger partial charge on any atom is 0.169 e. The molecular formula is C15H16O2. The van der Waals surface area contributed by atoms with E-state index in [-0.39, 0.29) is 5.75 Å². The Balaban J connectivity index is 2.27. The molecular weight excluding hydrogens is 212 g/mol. The molecule has 0 atom stereocenters. The number of ether oxygens (including phenoxy) is 1. The minimum atomic E-state index is 0.166. The van der Waals surface area contributed by atoms with Crippen molar-refractivity contribution in [1.82, 2.24) is 0 Å². The van der Waals surface area contributed by atoms with Crippen LogP contribution in [0.25, 0.3) is 0 Å². The van der Waals surface area contributed by atoms with E-state index in [1.54, 1.807) is 18.2 Å². The summed E-state index contributed by atoms with van der Waals surface area (Å²) in [6.07, 6.45) is 2.05. The molecule has 0 saturated carbocycles. The molecule has 0 bridgehead atoms. The van der Waals surface area contributed by atoms with Gasteiger partial charge in [0.2, 0.25) is 0 Å². The van der Waals surface area contributed by atoms with Crippen LogP contribution >= 0.6 is 0 Å². The predicted molar refractivity (Wildman–Crippen MR) is 68.6 cm³/mol. The van der Waals surface area contributed by atoms with Crippen LogP contribution in [0.5, 0.6) is 17.2 Å². The van der Waals surface area contributed by atoms with Crippen LogP contribution in [0, 0.1) is 0 Å². The van der Waals surface area contributed by atoms with E-state index in [4.69, 9.17) is 4.74 Å². The molecule has 0 heterocycles. The summed E-state index contributed by atoms with van der Waals surface area (Å²) in [7, 11) is 0. The largest absolute Gasteiger partial charge is 0.504 e. The molecule has 0 aliphatic rings. The Kier molecular flexibility index (Phi) is 3.66. The quantitative estimate of drug-likeness (QED) is 0.852. The fourth-order valence-corrected chi connectivity index (χ4v) is 1.74. The van der Waals surface area contributed by atoms with Gasteiger partial charge < -0.3 is 9.84 Å². The summed E-state index contributed by atoms with van der Waals surface area (Å²) in [5.41, 5.74) is 1.17. The Bertz CT molecular complexity index is 492. The second-order valence-electron chi connectivity index (χ2n) is 3.93. The third-order valence-electron chi connectivity index (χ3n) is 2.58. The Morgan fingerprint density at radius 3 is 2.29 bits per heavy atom. The summed E-state index contributed by atoms with van der Waals surface area (Å²) in [5.74, 6) is 1.48. The molecule has 0 fully saturated rings. The highest BCUT2D eigenvalue weighted by Gasteiger charge is 2.06. The SMILES string of the molecule is CCCc1ccccc1Oc1ccccc1O. The smallest absolute Gasteiger partial charge is 0.169 e. The molecule has 0 amide bonds. The Morgan fingerprint density at radius 1 is 0.941 bits per heavy atom. The van der Waals surface area contributed by atoms with Gasteiger partial charge in [0.1, 0.15) is 5.75 Å². The van der Waals surface area contributed by atoms with E-state index in [1.165, 1.54) is 5.56 Å². The van der Waals surface area contributed by atoms with E-state index in [0.717, 1.165) is 18.6 Å². The third kappa shape index (κ3) is 2.78. The number of benzene rings is 2. The van der Waals surface area contributed by atoms with Gasteiger partial charge in [0.05, 0.1) is 0 Å². The van der Waals surface area contributed by atoms with E-state index in [9.17, 15) is 5.11 Å². The van der Waals surface area contributed by atoms with E-state index < -0.39 is 0 Å². The molecule has 0 radical (unpaired) electrons. The van der Waals surface area contributed by atoms with Gasteiger partial charge in [-0.05, 0) is 30.2 Å². The molecule has 0 aliphatic heterocycles. The number of rotatable bonds is 4. The van der Waals surface area contributed by atoms with Crippen molar-refractivity contribution in [3.8, 4) is 17.2 Å². The normalized spacial score (nSPS) is 10.2. The molecule has 0 unspecified atom stereocenters. The molecule has 0 aliphatic carbocycles. The molecule has 0 aromatic heterocycles. The van der Waals surface area contributed by atoms with Crippen LogP contribution < -0.4 is 4.74 Å². The summed E-state index contributed by atoms with van der Waals surface area (Å²) >= 11 is 0. The van der Waals surface area contributed by atoms with Crippen LogP contribution in [0.2, 0.25) is 0 Å². The monoisotopic (exact) mass is 228 g/mol. The first-order chi connectivity index (χ1) is 8.31. The van der Waals surface area contributed by atoms with E-state index >= 15 is 0 Å². The molecule has 0 spiro atoms. The fourth-order valence-electron chi connectivity index (χ4n) is 1.74. The predicted octanol–water partition coefficient (Wildman–Crippen LogP) is 4.14. The maximum atomic E-state index is 9.67. The Labute approximate surface area is 101 Å². The highest BCUT2D eigenvalue weighted by atomic mass is 16.5. The summed E-state index contributed by atoms with van der Waals surface area (Å²) in [5, 5.41) is 9.67. The second-order valence-corrected chi connectivity index (χ2v) is 3.93. The van der Waals surface area contributed by atoms with E-state index in [2.05, 4.69) is 13.0 Å². The van der Waals surface area contributed by atoms with Crippen molar-refractivity contribution in [2.75, 3.05) is 0 Å². The number of phenolic OH excluding ortho intramolecular Hbond substituents is 1. The van der Waals surface area contributed by atoms with Crippen LogP contribution in [0.15, 0.2) is 48.5 Å². The van der Waals surface area contributed by atoms with Gasteiger partial charge in [-0.1, -0.05) is 43.7 Å². The van der Waals surface area contributed by atoms with Crippen LogP contribution in [0.3, 0.4) is 0 Å². The van der Waals surface area contributed by atoms with Gasteiger partial charge in [-0.2, -0.15) is 0 Å². The lowest BCUT2D eigenvalue weighted by molar-refractivity contribution is 0.409. The standard InChI is InChI=1S/C15H16O2/c1-2-7-12-8-3-5-10-14(12)17-15-11-6-4-9-13(15)16/h3-6,8-11,16H,2,7H2,1H3. The molecule has 17 heavy (non-hydrogen) atoms. The fraction of sp³-hybridized carbons (Fsp3) is 0.200. The van der Waals surface area contributed by atoms with Gasteiger partial charge in [0, 0.05) is 0 Å². The molecule has 88 valence electrons. The summed E-state index contributed by atoms with van der Waals surface area (Å²) in [6.45, 7) is 2.14. The van der Waals surface area contributed by atoms with Gasteiger partial charge in [0.15, 0.2) is 11.5 Å². The molecule has 2 aromatic carbocycles. The number of aryl methyl sites for hydroxylation is 1. The first-order valence-corrected chi connectivity index (χ1v) is 5.85. The number of hydrogen-bond donors (Lipinski definition) is 1. The highest BCUT2D eigenvalue weighted by molar-refractivity contribution is 5.43. The lowest BCUT2D eigenvalue weighted by atomic mass is 10.1. The van der Waals surface area contributed by atoms with Crippen molar-refractivity contribution in [1.29, 1.82) is 0 Å². The highest BCUT2D eigenvalue weighted by Crippen LogP contribution is 2.32. The molecule has 1 N–H and O–H groups in total. The average Bonchev–Trinajstić information content (AvgIpc) is 2.35. The number of phenols is 1. The van der Waals surface area contributed by atoms with Crippen molar-refractivity contribution >= 4 is 0 Å². The maximum absolute atomic E-state index is 9.67. The zero-order valence-corrected chi connectivity index (χ0v) is 9.89. The first kappa shape index (κ1) is 11.5. The van der Waals surface area contributed by atoms with E-state index in [1.807, 2.05) is 24.3 Å². The van der Waals surface area contributed by atoms with Crippen molar-refractivity contribution in [3.05, 3.63) is 54.1 Å².